The van der Waals surface area contributed by atoms with Crippen LogP contribution in [0.5, 0.6) is 0 Å². The summed E-state index contributed by atoms with van der Waals surface area (Å²) in [6.45, 7) is 6.72. The highest BCUT2D eigenvalue weighted by molar-refractivity contribution is 5.71. The van der Waals surface area contributed by atoms with Gasteiger partial charge in [-0.15, -0.1) is 0 Å². The lowest BCUT2D eigenvalue weighted by molar-refractivity contribution is -0.167. The van der Waals surface area contributed by atoms with Gasteiger partial charge >= 0.3 is 17.9 Å². The van der Waals surface area contributed by atoms with Crippen molar-refractivity contribution in [3.63, 3.8) is 0 Å². The fourth-order valence-electron chi connectivity index (χ4n) is 9.51. The first-order valence-corrected chi connectivity index (χ1v) is 30.5. The van der Waals surface area contributed by atoms with Crippen molar-refractivity contribution in [1.82, 2.24) is 0 Å². The lowest BCUT2D eigenvalue weighted by Crippen LogP contribution is -2.30. The van der Waals surface area contributed by atoms with Crippen molar-refractivity contribution in [1.29, 1.82) is 0 Å². The van der Waals surface area contributed by atoms with E-state index >= 15 is 0 Å². The van der Waals surface area contributed by atoms with Crippen molar-refractivity contribution in [2.45, 2.75) is 361 Å². The van der Waals surface area contributed by atoms with Gasteiger partial charge in [-0.05, 0) is 19.3 Å². The van der Waals surface area contributed by atoms with E-state index < -0.39 is 6.10 Å². The molecule has 0 aromatic heterocycles. The number of ether oxygens (including phenoxy) is 3. The molecule has 0 saturated heterocycles. The summed E-state index contributed by atoms with van der Waals surface area (Å²) in [7, 11) is 0. The minimum atomic E-state index is -0.761. The van der Waals surface area contributed by atoms with E-state index in [-0.39, 0.29) is 31.1 Å². The standard InChI is InChI=1S/C61H118O6/c1-4-7-10-13-16-19-22-25-28-30-32-33-36-39-42-45-48-51-54-60(63)66-57-58(56-65-59(62)53-50-47-44-41-38-35-27-24-21-18-15-12-9-6-3)67-61(64)55-52-49-46-43-40-37-34-31-29-26-23-20-17-14-11-8-5-2/h58H,4-57H2,1-3H3. The van der Waals surface area contributed by atoms with Gasteiger partial charge in [0.05, 0.1) is 0 Å². The number of carbonyl (C=O) groups excluding carboxylic acids is 3. The van der Waals surface area contributed by atoms with Crippen molar-refractivity contribution in [3.05, 3.63) is 0 Å². The van der Waals surface area contributed by atoms with Crippen LogP contribution in [0.3, 0.4) is 0 Å². The molecule has 0 spiro atoms. The molecule has 0 amide bonds. The summed E-state index contributed by atoms with van der Waals surface area (Å²) in [4.78, 5) is 38.2. The van der Waals surface area contributed by atoms with Crippen molar-refractivity contribution in [3.8, 4) is 0 Å². The van der Waals surface area contributed by atoms with Gasteiger partial charge in [0.25, 0.3) is 0 Å². The molecule has 0 radical (unpaired) electrons. The predicted molar refractivity (Wildman–Crippen MR) is 289 cm³/mol. The Morgan fingerprint density at radius 3 is 0.597 bits per heavy atom. The van der Waals surface area contributed by atoms with Crippen LogP contribution in [-0.2, 0) is 28.6 Å². The van der Waals surface area contributed by atoms with E-state index in [9.17, 15) is 14.4 Å². The smallest absolute Gasteiger partial charge is 0.306 e. The van der Waals surface area contributed by atoms with E-state index in [1.54, 1.807) is 0 Å². The van der Waals surface area contributed by atoms with Gasteiger partial charge in [-0.1, -0.05) is 316 Å². The summed E-state index contributed by atoms with van der Waals surface area (Å²) in [6, 6.07) is 0. The van der Waals surface area contributed by atoms with E-state index in [2.05, 4.69) is 20.8 Å². The molecule has 0 aromatic rings. The van der Waals surface area contributed by atoms with Crippen LogP contribution in [0.15, 0.2) is 0 Å². The Morgan fingerprint density at radius 1 is 0.239 bits per heavy atom. The zero-order chi connectivity index (χ0) is 48.6. The van der Waals surface area contributed by atoms with E-state index in [0.29, 0.717) is 19.3 Å². The van der Waals surface area contributed by atoms with Gasteiger partial charge in [0.2, 0.25) is 0 Å². The first-order chi connectivity index (χ1) is 33.0. The highest BCUT2D eigenvalue weighted by Gasteiger charge is 2.19. The molecule has 1 atom stereocenters. The molecule has 6 nitrogen and oxygen atoms in total. The highest BCUT2D eigenvalue weighted by atomic mass is 16.6. The average Bonchev–Trinajstić information content (AvgIpc) is 3.33. The molecule has 0 bridgehead atoms. The maximum absolute atomic E-state index is 12.9. The highest BCUT2D eigenvalue weighted by Crippen LogP contribution is 2.18. The molecule has 0 N–H and O–H groups in total. The number of rotatable bonds is 57. The minimum Gasteiger partial charge on any atom is -0.462 e. The van der Waals surface area contributed by atoms with Gasteiger partial charge in [-0.3, -0.25) is 14.4 Å². The molecular formula is C61H118O6. The third-order valence-electron chi connectivity index (χ3n) is 14.1. The Bertz CT molecular complexity index is 998. The number of carbonyl (C=O) groups is 3. The average molecular weight is 948 g/mol. The second-order valence-corrected chi connectivity index (χ2v) is 21.0. The molecule has 0 rings (SSSR count). The van der Waals surface area contributed by atoms with Crippen LogP contribution < -0.4 is 0 Å². The largest absolute Gasteiger partial charge is 0.462 e. The molecule has 67 heavy (non-hydrogen) atoms. The van der Waals surface area contributed by atoms with E-state index in [1.165, 1.54) is 257 Å². The molecule has 0 fully saturated rings. The third kappa shape index (κ3) is 55.2. The normalized spacial score (nSPS) is 11.9. The Labute approximate surface area is 418 Å². The van der Waals surface area contributed by atoms with Crippen molar-refractivity contribution >= 4 is 17.9 Å². The molecule has 398 valence electrons. The van der Waals surface area contributed by atoms with Crippen molar-refractivity contribution < 1.29 is 28.6 Å². The number of unbranched alkanes of at least 4 members (excludes halogenated alkanes) is 46. The summed E-state index contributed by atoms with van der Waals surface area (Å²) in [5, 5.41) is 0. The Balaban J connectivity index is 4.28. The maximum Gasteiger partial charge on any atom is 0.306 e. The molecule has 0 aliphatic rings. The zero-order valence-corrected chi connectivity index (χ0v) is 45.7. The number of hydrogen-bond donors (Lipinski definition) is 0. The molecule has 6 heteroatoms. The van der Waals surface area contributed by atoms with Gasteiger partial charge in [0.1, 0.15) is 13.2 Å². The Morgan fingerprint density at radius 2 is 0.403 bits per heavy atom. The molecule has 1 unspecified atom stereocenters. The monoisotopic (exact) mass is 947 g/mol. The lowest BCUT2D eigenvalue weighted by atomic mass is 10.0. The number of hydrogen-bond acceptors (Lipinski definition) is 6. The molecular weight excluding hydrogens is 829 g/mol. The predicted octanol–water partition coefficient (Wildman–Crippen LogP) is 20.3. The van der Waals surface area contributed by atoms with Crippen molar-refractivity contribution in [2.24, 2.45) is 0 Å². The van der Waals surface area contributed by atoms with Gasteiger partial charge in [0, 0.05) is 19.3 Å². The van der Waals surface area contributed by atoms with Crippen LogP contribution in [0, 0.1) is 0 Å². The van der Waals surface area contributed by atoms with Crippen molar-refractivity contribution in [2.75, 3.05) is 13.2 Å². The van der Waals surface area contributed by atoms with E-state index in [0.717, 1.165) is 57.8 Å². The molecule has 0 aromatic carbocycles. The lowest BCUT2D eigenvalue weighted by Gasteiger charge is -2.18. The van der Waals surface area contributed by atoms with Crippen LogP contribution in [-0.4, -0.2) is 37.2 Å². The van der Waals surface area contributed by atoms with Gasteiger partial charge in [0.15, 0.2) is 6.10 Å². The Hall–Kier alpha value is -1.59. The van der Waals surface area contributed by atoms with Crippen LogP contribution in [0.4, 0.5) is 0 Å². The second kappa shape index (κ2) is 57.0. The minimum absolute atomic E-state index is 0.0607. The summed E-state index contributed by atoms with van der Waals surface area (Å²) in [5.74, 6) is -0.828. The molecule has 0 heterocycles. The summed E-state index contributed by atoms with van der Waals surface area (Å²) >= 11 is 0. The summed E-state index contributed by atoms with van der Waals surface area (Å²) in [6.07, 6.45) is 63.8. The molecule has 0 aliphatic heterocycles. The Kier molecular flexibility index (Phi) is 55.6. The molecule has 0 aliphatic carbocycles. The zero-order valence-electron chi connectivity index (χ0n) is 45.7. The summed E-state index contributed by atoms with van der Waals surface area (Å²) < 4.78 is 16.9. The first kappa shape index (κ1) is 65.4. The van der Waals surface area contributed by atoms with E-state index in [4.69, 9.17) is 14.2 Å². The molecule has 0 saturated carbocycles. The van der Waals surface area contributed by atoms with Gasteiger partial charge < -0.3 is 14.2 Å². The van der Waals surface area contributed by atoms with Crippen LogP contribution in [0.1, 0.15) is 355 Å². The number of esters is 3. The fraction of sp³-hybridized carbons (Fsp3) is 0.951. The maximum atomic E-state index is 12.9. The first-order valence-electron chi connectivity index (χ1n) is 30.5. The fourth-order valence-corrected chi connectivity index (χ4v) is 9.51. The SMILES string of the molecule is CCCCCCCCCCCCCCCCCCCCC(=O)OCC(COC(=O)CCCCCCCCCCCCCCCC)OC(=O)CCCCCCCCCCCCCCCCCCC. The summed E-state index contributed by atoms with van der Waals surface area (Å²) in [5.41, 5.74) is 0. The quantitative estimate of drug-likeness (QED) is 0.0343. The van der Waals surface area contributed by atoms with Crippen LogP contribution in [0.25, 0.3) is 0 Å². The van der Waals surface area contributed by atoms with Gasteiger partial charge in [-0.25, -0.2) is 0 Å². The second-order valence-electron chi connectivity index (χ2n) is 21.0. The van der Waals surface area contributed by atoms with Crippen LogP contribution in [0.2, 0.25) is 0 Å². The van der Waals surface area contributed by atoms with Gasteiger partial charge in [-0.2, -0.15) is 0 Å². The van der Waals surface area contributed by atoms with E-state index in [1.807, 2.05) is 0 Å². The third-order valence-corrected chi connectivity index (χ3v) is 14.1. The topological polar surface area (TPSA) is 78.9 Å². The van der Waals surface area contributed by atoms with Crippen LogP contribution >= 0.6 is 0 Å².